The average molecular weight is 285 g/mol. The molecule has 0 aromatic heterocycles. The first-order chi connectivity index (χ1) is 8.56. The standard InChI is InChI=1S/C13H11F4NSi/c1-19(2,3)7-6-10-11(14)5-4-9(8-18)12(10)13(15,16)17/h4-5H,1-3H3. The molecule has 0 N–H and O–H groups in total. The van der Waals surface area contributed by atoms with Crippen molar-refractivity contribution >= 4 is 8.07 Å². The highest BCUT2D eigenvalue weighted by Crippen LogP contribution is 2.35. The minimum atomic E-state index is -4.81. The monoisotopic (exact) mass is 285 g/mol. The number of benzene rings is 1. The lowest BCUT2D eigenvalue weighted by atomic mass is 10.0. The first-order valence-electron chi connectivity index (χ1n) is 5.39. The van der Waals surface area contributed by atoms with Gasteiger partial charge in [0.25, 0.3) is 0 Å². The summed E-state index contributed by atoms with van der Waals surface area (Å²) in [5.74, 6) is 1.21. The Kier molecular flexibility index (Phi) is 4.07. The van der Waals surface area contributed by atoms with E-state index in [1.807, 2.05) is 19.6 Å². The van der Waals surface area contributed by atoms with E-state index in [1.54, 1.807) is 0 Å². The van der Waals surface area contributed by atoms with Gasteiger partial charge in [0.1, 0.15) is 13.9 Å². The van der Waals surface area contributed by atoms with Gasteiger partial charge in [-0.15, -0.1) is 5.54 Å². The van der Waals surface area contributed by atoms with Gasteiger partial charge in [0, 0.05) is 0 Å². The van der Waals surface area contributed by atoms with Crippen molar-refractivity contribution in [2.24, 2.45) is 0 Å². The number of nitriles is 1. The molecule has 1 rings (SSSR count). The molecule has 1 nitrogen and oxygen atoms in total. The first kappa shape index (κ1) is 15.3. The number of nitrogens with zero attached hydrogens (tertiary/aromatic N) is 1. The van der Waals surface area contributed by atoms with Gasteiger partial charge in [-0.3, -0.25) is 0 Å². The zero-order chi connectivity index (χ0) is 14.8. The molecular weight excluding hydrogens is 274 g/mol. The first-order valence-corrected chi connectivity index (χ1v) is 8.89. The number of hydrogen-bond acceptors (Lipinski definition) is 1. The van der Waals surface area contributed by atoms with Gasteiger partial charge < -0.3 is 0 Å². The van der Waals surface area contributed by atoms with Crippen LogP contribution in [0.5, 0.6) is 0 Å². The summed E-state index contributed by atoms with van der Waals surface area (Å²) >= 11 is 0. The van der Waals surface area contributed by atoms with E-state index in [0.29, 0.717) is 0 Å². The molecule has 0 radical (unpaired) electrons. The fourth-order valence-corrected chi connectivity index (χ4v) is 1.84. The van der Waals surface area contributed by atoms with E-state index in [-0.39, 0.29) is 0 Å². The van der Waals surface area contributed by atoms with Crippen LogP contribution in [0.25, 0.3) is 0 Å². The van der Waals surface area contributed by atoms with Crippen LogP contribution >= 0.6 is 0 Å². The number of alkyl halides is 3. The summed E-state index contributed by atoms with van der Waals surface area (Å²) in [6, 6.07) is 3.08. The van der Waals surface area contributed by atoms with Gasteiger partial charge in [0.2, 0.25) is 0 Å². The number of halogens is 4. The topological polar surface area (TPSA) is 23.8 Å². The largest absolute Gasteiger partial charge is 0.418 e. The van der Waals surface area contributed by atoms with Crippen LogP contribution < -0.4 is 0 Å². The summed E-state index contributed by atoms with van der Waals surface area (Å²) in [5.41, 5.74) is 0.0327. The zero-order valence-electron chi connectivity index (χ0n) is 10.6. The molecule has 0 fully saturated rings. The molecule has 0 heterocycles. The molecular formula is C13H11F4NSi. The van der Waals surface area contributed by atoms with Gasteiger partial charge in [-0.1, -0.05) is 25.6 Å². The van der Waals surface area contributed by atoms with E-state index in [9.17, 15) is 17.6 Å². The SMILES string of the molecule is C[Si](C)(C)C#Cc1c(F)ccc(C#N)c1C(F)(F)F. The van der Waals surface area contributed by atoms with Gasteiger partial charge in [-0.25, -0.2) is 4.39 Å². The zero-order valence-corrected chi connectivity index (χ0v) is 11.6. The lowest BCUT2D eigenvalue weighted by molar-refractivity contribution is -0.138. The highest BCUT2D eigenvalue weighted by molar-refractivity contribution is 6.83. The molecule has 6 heteroatoms. The summed E-state index contributed by atoms with van der Waals surface area (Å²) in [6.07, 6.45) is -4.81. The van der Waals surface area contributed by atoms with Gasteiger partial charge in [0.15, 0.2) is 0 Å². The molecule has 0 atom stereocenters. The molecule has 19 heavy (non-hydrogen) atoms. The summed E-state index contributed by atoms with van der Waals surface area (Å²) < 4.78 is 52.3. The summed E-state index contributed by atoms with van der Waals surface area (Å²) in [4.78, 5) is 0. The second-order valence-electron chi connectivity index (χ2n) is 4.95. The second kappa shape index (κ2) is 5.06. The third kappa shape index (κ3) is 3.83. The Bertz CT molecular complexity index is 595. The molecule has 0 bridgehead atoms. The molecule has 100 valence electrons. The Morgan fingerprint density at radius 2 is 1.74 bits per heavy atom. The molecule has 1 aromatic carbocycles. The molecule has 0 aliphatic carbocycles. The Hall–Kier alpha value is -1.79. The summed E-state index contributed by atoms with van der Waals surface area (Å²) in [6.45, 7) is 5.50. The van der Waals surface area contributed by atoms with Crippen molar-refractivity contribution in [2.45, 2.75) is 25.8 Å². The van der Waals surface area contributed by atoms with Crippen LogP contribution in [-0.2, 0) is 6.18 Å². The predicted molar refractivity (Wildman–Crippen MR) is 66.3 cm³/mol. The molecule has 0 saturated heterocycles. The smallest absolute Gasteiger partial charge is 0.206 e. The van der Waals surface area contributed by atoms with Crippen LogP contribution in [0.1, 0.15) is 16.7 Å². The van der Waals surface area contributed by atoms with Crippen molar-refractivity contribution in [1.82, 2.24) is 0 Å². The fourth-order valence-electron chi connectivity index (χ4n) is 1.34. The minimum absolute atomic E-state index is 0.617. The Labute approximate surface area is 109 Å². The maximum atomic E-state index is 13.6. The van der Waals surface area contributed by atoms with Crippen LogP contribution in [0.2, 0.25) is 19.6 Å². The highest BCUT2D eigenvalue weighted by Gasteiger charge is 2.37. The van der Waals surface area contributed by atoms with Crippen LogP contribution in [0, 0.1) is 28.6 Å². The molecule has 0 spiro atoms. The molecule has 0 aliphatic rings. The van der Waals surface area contributed by atoms with Crippen molar-refractivity contribution < 1.29 is 17.6 Å². The molecule has 0 amide bonds. The summed E-state index contributed by atoms with van der Waals surface area (Å²) in [7, 11) is -1.95. The summed E-state index contributed by atoms with van der Waals surface area (Å²) in [5, 5.41) is 8.71. The predicted octanol–water partition coefficient (Wildman–Crippen LogP) is 3.95. The lowest BCUT2D eigenvalue weighted by Crippen LogP contribution is -2.17. The van der Waals surface area contributed by atoms with E-state index >= 15 is 0 Å². The maximum absolute atomic E-state index is 13.6. The van der Waals surface area contributed by atoms with E-state index < -0.39 is 36.8 Å². The van der Waals surface area contributed by atoms with Crippen molar-refractivity contribution in [2.75, 3.05) is 0 Å². The molecule has 0 aliphatic heterocycles. The van der Waals surface area contributed by atoms with Gasteiger partial charge in [-0.2, -0.15) is 18.4 Å². The Morgan fingerprint density at radius 1 is 1.16 bits per heavy atom. The van der Waals surface area contributed by atoms with E-state index in [2.05, 4.69) is 11.5 Å². The second-order valence-corrected chi connectivity index (χ2v) is 9.70. The Morgan fingerprint density at radius 3 is 2.16 bits per heavy atom. The average Bonchev–Trinajstić information content (AvgIpc) is 2.24. The van der Waals surface area contributed by atoms with Crippen molar-refractivity contribution in [3.8, 4) is 17.5 Å². The third-order valence-corrected chi connectivity index (χ3v) is 3.00. The van der Waals surface area contributed by atoms with E-state index in [4.69, 9.17) is 5.26 Å². The highest BCUT2D eigenvalue weighted by atomic mass is 28.3. The van der Waals surface area contributed by atoms with Gasteiger partial charge in [0.05, 0.1) is 22.8 Å². The molecule has 0 saturated carbocycles. The number of rotatable bonds is 0. The van der Waals surface area contributed by atoms with Crippen LogP contribution in [0.4, 0.5) is 17.6 Å². The Balaban J connectivity index is 3.62. The van der Waals surface area contributed by atoms with Crippen LogP contribution in [0.15, 0.2) is 12.1 Å². The third-order valence-electron chi connectivity index (χ3n) is 2.12. The maximum Gasteiger partial charge on any atom is 0.418 e. The van der Waals surface area contributed by atoms with Crippen molar-refractivity contribution in [3.05, 3.63) is 34.6 Å². The number of hydrogen-bond donors (Lipinski definition) is 0. The van der Waals surface area contributed by atoms with Crippen LogP contribution in [0.3, 0.4) is 0 Å². The van der Waals surface area contributed by atoms with Crippen molar-refractivity contribution in [1.29, 1.82) is 5.26 Å². The molecule has 1 aromatic rings. The van der Waals surface area contributed by atoms with Crippen LogP contribution in [-0.4, -0.2) is 8.07 Å². The normalized spacial score (nSPS) is 11.5. The van der Waals surface area contributed by atoms with E-state index in [0.717, 1.165) is 12.1 Å². The van der Waals surface area contributed by atoms with Gasteiger partial charge in [-0.05, 0) is 12.1 Å². The van der Waals surface area contributed by atoms with E-state index in [1.165, 1.54) is 6.07 Å². The van der Waals surface area contributed by atoms with Gasteiger partial charge >= 0.3 is 6.18 Å². The lowest BCUT2D eigenvalue weighted by Gasteiger charge is -2.12. The van der Waals surface area contributed by atoms with Crippen molar-refractivity contribution in [3.63, 3.8) is 0 Å². The minimum Gasteiger partial charge on any atom is -0.206 e. The fraction of sp³-hybridized carbons (Fsp3) is 0.308. The quantitative estimate of drug-likeness (QED) is 0.402. The molecule has 0 unspecified atom stereocenters.